The first-order valence-corrected chi connectivity index (χ1v) is 7.12. The van der Waals surface area contributed by atoms with E-state index in [-0.39, 0.29) is 5.97 Å². The van der Waals surface area contributed by atoms with Crippen molar-refractivity contribution in [2.45, 2.75) is 33.1 Å². The van der Waals surface area contributed by atoms with Crippen LogP contribution in [0.3, 0.4) is 0 Å². The average molecular weight is 263 g/mol. The van der Waals surface area contributed by atoms with Crippen LogP contribution in [0.5, 0.6) is 0 Å². The predicted molar refractivity (Wildman–Crippen MR) is 78.1 cm³/mol. The minimum atomic E-state index is -0.184. The minimum absolute atomic E-state index is 0.184. The molecule has 19 heavy (non-hydrogen) atoms. The summed E-state index contributed by atoms with van der Waals surface area (Å²) in [4.78, 5) is 13.1. The zero-order chi connectivity index (χ0) is 13.9. The lowest BCUT2D eigenvalue weighted by Crippen LogP contribution is -2.27. The summed E-state index contributed by atoms with van der Waals surface area (Å²) in [6.07, 6.45) is 3.12. The number of unbranched alkanes of at least 4 members (excludes halogenated alkanes) is 1. The summed E-state index contributed by atoms with van der Waals surface area (Å²) in [6.45, 7) is 7.43. The van der Waals surface area contributed by atoms with E-state index in [1.807, 2.05) is 0 Å². The number of carbonyl (C=O) groups excluding carboxylic acids is 1. The van der Waals surface area contributed by atoms with Crippen LogP contribution in [0.4, 0.5) is 0 Å². The number of benzene rings is 1. The van der Waals surface area contributed by atoms with Crippen LogP contribution >= 0.6 is 0 Å². The lowest BCUT2D eigenvalue weighted by atomic mass is 10.1. The van der Waals surface area contributed by atoms with Gasteiger partial charge in [0.25, 0.3) is 0 Å². The molecule has 0 amide bonds. The van der Waals surface area contributed by atoms with E-state index in [1.165, 1.54) is 12.5 Å². The summed E-state index contributed by atoms with van der Waals surface area (Å²) in [5.74, 6) is -0.184. The summed E-state index contributed by atoms with van der Waals surface area (Å²) in [5, 5.41) is 0. The first kappa shape index (κ1) is 15.7. The van der Waals surface area contributed by atoms with E-state index in [1.54, 1.807) is 0 Å². The quantitative estimate of drug-likeness (QED) is 0.507. The molecule has 0 N–H and O–H groups in total. The van der Waals surface area contributed by atoms with Gasteiger partial charge in [-0.25, -0.2) is 0 Å². The van der Waals surface area contributed by atoms with Gasteiger partial charge in [0, 0.05) is 13.5 Å². The fourth-order valence-corrected chi connectivity index (χ4v) is 2.01. The second kappa shape index (κ2) is 9.56. The van der Waals surface area contributed by atoms with E-state index in [2.05, 4.69) is 42.2 Å². The molecule has 0 spiro atoms. The molecule has 0 heterocycles. The topological polar surface area (TPSA) is 29.5 Å². The fraction of sp³-hybridized carbons (Fsp3) is 0.562. The van der Waals surface area contributed by atoms with Gasteiger partial charge in [-0.2, -0.15) is 0 Å². The van der Waals surface area contributed by atoms with Gasteiger partial charge in [-0.15, -0.1) is 0 Å². The molecule has 0 unspecified atom stereocenters. The lowest BCUT2D eigenvalue weighted by molar-refractivity contribution is -0.141. The van der Waals surface area contributed by atoms with E-state index < -0.39 is 0 Å². The van der Waals surface area contributed by atoms with E-state index in [0.717, 1.165) is 38.9 Å². The van der Waals surface area contributed by atoms with E-state index in [4.69, 9.17) is 4.74 Å². The third-order valence-electron chi connectivity index (χ3n) is 3.18. The molecule has 0 aromatic heterocycles. The largest absolute Gasteiger partial charge is 0.466 e. The maximum absolute atomic E-state index is 10.6. The Morgan fingerprint density at radius 2 is 1.89 bits per heavy atom. The van der Waals surface area contributed by atoms with Gasteiger partial charge >= 0.3 is 5.97 Å². The SMILES string of the molecule is CCN(CCCCOC(C)=O)CCc1ccccc1. The van der Waals surface area contributed by atoms with Crippen molar-refractivity contribution in [2.75, 3.05) is 26.2 Å². The second-order valence-electron chi connectivity index (χ2n) is 4.72. The first-order chi connectivity index (χ1) is 9.22. The van der Waals surface area contributed by atoms with Crippen LogP contribution in [0, 0.1) is 0 Å². The van der Waals surface area contributed by atoms with E-state index in [0.29, 0.717) is 6.61 Å². The zero-order valence-corrected chi connectivity index (χ0v) is 12.1. The van der Waals surface area contributed by atoms with E-state index >= 15 is 0 Å². The number of hydrogen-bond donors (Lipinski definition) is 0. The van der Waals surface area contributed by atoms with Crippen molar-refractivity contribution in [1.29, 1.82) is 0 Å². The van der Waals surface area contributed by atoms with Gasteiger partial charge < -0.3 is 9.64 Å². The highest BCUT2D eigenvalue weighted by molar-refractivity contribution is 5.65. The van der Waals surface area contributed by atoms with Gasteiger partial charge in [-0.3, -0.25) is 4.79 Å². The fourth-order valence-electron chi connectivity index (χ4n) is 2.01. The van der Waals surface area contributed by atoms with Gasteiger partial charge in [0.15, 0.2) is 0 Å². The van der Waals surface area contributed by atoms with Crippen LogP contribution < -0.4 is 0 Å². The molecule has 1 aromatic rings. The Labute approximate surface area is 116 Å². The van der Waals surface area contributed by atoms with Crippen molar-refractivity contribution in [3.05, 3.63) is 35.9 Å². The molecule has 0 atom stereocenters. The van der Waals surface area contributed by atoms with Crippen molar-refractivity contribution in [3.63, 3.8) is 0 Å². The third kappa shape index (κ3) is 7.62. The molecule has 0 saturated carbocycles. The van der Waals surface area contributed by atoms with Crippen molar-refractivity contribution >= 4 is 5.97 Å². The molecule has 0 radical (unpaired) electrons. The highest BCUT2D eigenvalue weighted by Gasteiger charge is 2.03. The highest BCUT2D eigenvalue weighted by Crippen LogP contribution is 2.03. The monoisotopic (exact) mass is 263 g/mol. The summed E-state index contributed by atoms with van der Waals surface area (Å²) in [6, 6.07) is 10.6. The summed E-state index contributed by atoms with van der Waals surface area (Å²) < 4.78 is 4.93. The van der Waals surface area contributed by atoms with Crippen LogP contribution in [0.15, 0.2) is 30.3 Å². The second-order valence-corrected chi connectivity index (χ2v) is 4.72. The molecule has 0 fully saturated rings. The number of nitrogens with zero attached hydrogens (tertiary/aromatic N) is 1. The molecule has 0 aliphatic heterocycles. The van der Waals surface area contributed by atoms with Gasteiger partial charge in [0.05, 0.1) is 6.61 Å². The van der Waals surface area contributed by atoms with Gasteiger partial charge in [0.2, 0.25) is 0 Å². The summed E-state index contributed by atoms with van der Waals surface area (Å²) in [5.41, 5.74) is 1.39. The standard InChI is InChI=1S/C16H25NO2/c1-3-17(12-7-8-14-19-15(2)18)13-11-16-9-5-4-6-10-16/h4-6,9-10H,3,7-8,11-14H2,1-2H3. The van der Waals surface area contributed by atoms with Crippen molar-refractivity contribution in [2.24, 2.45) is 0 Å². The third-order valence-corrected chi connectivity index (χ3v) is 3.18. The molecule has 3 nitrogen and oxygen atoms in total. The maximum atomic E-state index is 10.6. The highest BCUT2D eigenvalue weighted by atomic mass is 16.5. The number of hydrogen-bond acceptors (Lipinski definition) is 3. The Hall–Kier alpha value is -1.35. The molecule has 1 rings (SSSR count). The Kier molecular flexibility index (Phi) is 7.91. The molecule has 106 valence electrons. The number of ether oxygens (including phenoxy) is 1. The Morgan fingerprint density at radius 1 is 1.16 bits per heavy atom. The molecule has 0 aliphatic carbocycles. The molecule has 0 aliphatic rings. The van der Waals surface area contributed by atoms with Gasteiger partial charge in [0.1, 0.15) is 0 Å². The Morgan fingerprint density at radius 3 is 2.53 bits per heavy atom. The zero-order valence-electron chi connectivity index (χ0n) is 12.1. The average Bonchev–Trinajstić information content (AvgIpc) is 2.42. The van der Waals surface area contributed by atoms with Crippen molar-refractivity contribution in [1.82, 2.24) is 4.90 Å². The Balaban J connectivity index is 2.14. The smallest absolute Gasteiger partial charge is 0.302 e. The van der Waals surface area contributed by atoms with Crippen molar-refractivity contribution < 1.29 is 9.53 Å². The lowest BCUT2D eigenvalue weighted by Gasteiger charge is -2.20. The first-order valence-electron chi connectivity index (χ1n) is 7.12. The molecule has 0 saturated heterocycles. The summed E-state index contributed by atoms with van der Waals surface area (Å²) in [7, 11) is 0. The number of esters is 1. The molecule has 3 heteroatoms. The van der Waals surface area contributed by atoms with Crippen LogP contribution in [0.2, 0.25) is 0 Å². The molecular weight excluding hydrogens is 238 g/mol. The minimum Gasteiger partial charge on any atom is -0.466 e. The molecule has 0 bridgehead atoms. The van der Waals surface area contributed by atoms with Crippen LogP contribution in [-0.2, 0) is 16.0 Å². The van der Waals surface area contributed by atoms with Crippen molar-refractivity contribution in [3.8, 4) is 0 Å². The molecule has 1 aromatic carbocycles. The molecular formula is C16H25NO2. The number of likely N-dealkylation sites (N-methyl/N-ethyl adjacent to an activating group) is 1. The van der Waals surface area contributed by atoms with E-state index in [9.17, 15) is 4.79 Å². The maximum Gasteiger partial charge on any atom is 0.302 e. The van der Waals surface area contributed by atoms with Crippen LogP contribution in [0.25, 0.3) is 0 Å². The normalized spacial score (nSPS) is 10.7. The number of carbonyl (C=O) groups is 1. The number of rotatable bonds is 9. The van der Waals surface area contributed by atoms with Crippen LogP contribution in [-0.4, -0.2) is 37.1 Å². The Bertz CT molecular complexity index is 351. The van der Waals surface area contributed by atoms with Gasteiger partial charge in [-0.05, 0) is 37.9 Å². The van der Waals surface area contributed by atoms with Gasteiger partial charge in [-0.1, -0.05) is 37.3 Å². The predicted octanol–water partition coefficient (Wildman–Crippen LogP) is 2.89. The van der Waals surface area contributed by atoms with Crippen LogP contribution in [0.1, 0.15) is 32.3 Å². The summed E-state index contributed by atoms with van der Waals surface area (Å²) >= 11 is 0.